The molecule has 2 N–H and O–H groups in total. The number of nitrogens with zero attached hydrogens (tertiary/aromatic N) is 1. The van der Waals surface area contributed by atoms with Crippen molar-refractivity contribution in [2.75, 3.05) is 0 Å². The summed E-state index contributed by atoms with van der Waals surface area (Å²) in [4.78, 5) is 39.9. The Morgan fingerprint density at radius 2 is 1.74 bits per heavy atom. The molecule has 0 bridgehead atoms. The minimum Gasteiger partial charge on any atom is -0.349 e. The SMILES string of the molecule is O=C(NC1CCCC1)c1ccc(Cn2c(=O)[nH]c3ccccc3c2=O)cc1. The first-order valence-electron chi connectivity index (χ1n) is 9.23. The number of para-hydroxylation sites is 1. The van der Waals surface area contributed by atoms with Crippen LogP contribution in [-0.2, 0) is 6.54 Å². The lowest BCUT2D eigenvalue weighted by Gasteiger charge is -2.12. The molecule has 0 spiro atoms. The maximum atomic E-state index is 12.6. The number of aromatic amines is 1. The van der Waals surface area contributed by atoms with E-state index in [1.807, 2.05) is 0 Å². The van der Waals surface area contributed by atoms with E-state index in [1.54, 1.807) is 48.5 Å². The highest BCUT2D eigenvalue weighted by molar-refractivity contribution is 5.94. The number of benzene rings is 2. The molecule has 0 unspecified atom stereocenters. The molecule has 1 amide bonds. The summed E-state index contributed by atoms with van der Waals surface area (Å²) in [5, 5.41) is 3.53. The molecular weight excluding hydrogens is 342 g/mol. The van der Waals surface area contributed by atoms with Crippen molar-refractivity contribution in [3.63, 3.8) is 0 Å². The zero-order valence-corrected chi connectivity index (χ0v) is 14.9. The van der Waals surface area contributed by atoms with E-state index in [4.69, 9.17) is 0 Å². The van der Waals surface area contributed by atoms with Crippen molar-refractivity contribution < 1.29 is 4.79 Å². The van der Waals surface area contributed by atoms with E-state index >= 15 is 0 Å². The smallest absolute Gasteiger partial charge is 0.329 e. The quantitative estimate of drug-likeness (QED) is 0.747. The highest BCUT2D eigenvalue weighted by Gasteiger charge is 2.18. The van der Waals surface area contributed by atoms with Crippen molar-refractivity contribution in [3.05, 3.63) is 80.5 Å². The van der Waals surface area contributed by atoms with Gasteiger partial charge in [0, 0.05) is 11.6 Å². The van der Waals surface area contributed by atoms with Crippen LogP contribution in [-0.4, -0.2) is 21.5 Å². The zero-order valence-electron chi connectivity index (χ0n) is 14.9. The van der Waals surface area contributed by atoms with E-state index in [-0.39, 0.29) is 24.1 Å². The fraction of sp³-hybridized carbons (Fsp3) is 0.286. The number of hydrogen-bond donors (Lipinski definition) is 2. The highest BCUT2D eigenvalue weighted by atomic mass is 16.2. The summed E-state index contributed by atoms with van der Waals surface area (Å²) in [6, 6.07) is 14.3. The lowest BCUT2D eigenvalue weighted by atomic mass is 10.1. The number of carbonyl (C=O) groups is 1. The molecule has 0 aliphatic heterocycles. The van der Waals surface area contributed by atoms with E-state index in [0.717, 1.165) is 18.4 Å². The maximum absolute atomic E-state index is 12.6. The summed E-state index contributed by atoms with van der Waals surface area (Å²) < 4.78 is 1.18. The lowest BCUT2D eigenvalue weighted by molar-refractivity contribution is 0.0938. The minimum atomic E-state index is -0.443. The largest absolute Gasteiger partial charge is 0.349 e. The van der Waals surface area contributed by atoms with Crippen LogP contribution >= 0.6 is 0 Å². The molecule has 4 rings (SSSR count). The Kier molecular flexibility index (Phi) is 4.62. The van der Waals surface area contributed by atoms with E-state index in [2.05, 4.69) is 10.3 Å². The van der Waals surface area contributed by atoms with E-state index in [1.165, 1.54) is 17.4 Å². The molecule has 1 aliphatic rings. The summed E-state index contributed by atoms with van der Waals surface area (Å²) in [6.07, 6.45) is 4.41. The van der Waals surface area contributed by atoms with Gasteiger partial charge in [0.05, 0.1) is 17.4 Å². The van der Waals surface area contributed by atoms with Gasteiger partial charge in [-0.05, 0) is 42.7 Å². The fourth-order valence-electron chi connectivity index (χ4n) is 3.63. The zero-order chi connectivity index (χ0) is 18.8. The second-order valence-electron chi connectivity index (χ2n) is 7.02. The van der Waals surface area contributed by atoms with E-state index in [9.17, 15) is 14.4 Å². The predicted molar refractivity (Wildman–Crippen MR) is 104 cm³/mol. The average molecular weight is 363 g/mol. The molecule has 1 aliphatic carbocycles. The fourth-order valence-corrected chi connectivity index (χ4v) is 3.63. The summed E-state index contributed by atoms with van der Waals surface area (Å²) >= 11 is 0. The first-order valence-corrected chi connectivity index (χ1v) is 9.23. The second-order valence-corrected chi connectivity index (χ2v) is 7.02. The Bertz CT molecular complexity index is 1090. The van der Waals surface area contributed by atoms with Gasteiger partial charge in [-0.1, -0.05) is 37.1 Å². The van der Waals surface area contributed by atoms with Gasteiger partial charge < -0.3 is 10.3 Å². The predicted octanol–water partition coefficient (Wildman–Crippen LogP) is 2.41. The molecule has 0 radical (unpaired) electrons. The van der Waals surface area contributed by atoms with Gasteiger partial charge in [0.15, 0.2) is 0 Å². The van der Waals surface area contributed by atoms with Gasteiger partial charge in [0.2, 0.25) is 0 Å². The molecule has 138 valence electrons. The molecule has 2 aromatic carbocycles. The molecule has 6 nitrogen and oxygen atoms in total. The standard InChI is InChI=1S/C21H21N3O3/c25-19(22-16-5-1-2-6-16)15-11-9-14(10-12-15)13-24-20(26)17-7-3-4-8-18(17)23-21(24)27/h3-4,7-12,16H,1-2,5-6,13H2,(H,22,25)(H,23,27). The number of hydrogen-bond acceptors (Lipinski definition) is 3. The molecule has 0 atom stereocenters. The number of amides is 1. The first-order chi connectivity index (χ1) is 13.1. The van der Waals surface area contributed by atoms with Crippen LogP contribution in [0.25, 0.3) is 10.9 Å². The average Bonchev–Trinajstić information content (AvgIpc) is 3.18. The van der Waals surface area contributed by atoms with E-state index < -0.39 is 5.69 Å². The Labute approximate surface area is 155 Å². The van der Waals surface area contributed by atoms with Crippen molar-refractivity contribution in [2.45, 2.75) is 38.3 Å². The number of nitrogens with one attached hydrogen (secondary N) is 2. The van der Waals surface area contributed by atoms with Crippen LogP contribution in [0, 0.1) is 0 Å². The molecule has 0 saturated heterocycles. The monoisotopic (exact) mass is 363 g/mol. The second kappa shape index (κ2) is 7.23. The van der Waals surface area contributed by atoms with Gasteiger partial charge in [0.25, 0.3) is 11.5 Å². The third kappa shape index (κ3) is 3.56. The van der Waals surface area contributed by atoms with Gasteiger partial charge >= 0.3 is 5.69 Å². The van der Waals surface area contributed by atoms with Crippen molar-refractivity contribution in [3.8, 4) is 0 Å². The number of H-pyrrole nitrogens is 1. The molecule has 6 heteroatoms. The van der Waals surface area contributed by atoms with Gasteiger partial charge in [-0.3, -0.25) is 14.2 Å². The van der Waals surface area contributed by atoms with Crippen LogP contribution in [0.15, 0.2) is 58.1 Å². The molecular formula is C21H21N3O3. The number of aromatic nitrogens is 2. The number of fused-ring (bicyclic) bond motifs is 1. The van der Waals surface area contributed by atoms with Crippen LogP contribution in [0.2, 0.25) is 0 Å². The number of carbonyl (C=O) groups excluding carboxylic acids is 1. The van der Waals surface area contributed by atoms with Gasteiger partial charge in [0.1, 0.15) is 0 Å². The molecule has 27 heavy (non-hydrogen) atoms. The summed E-state index contributed by atoms with van der Waals surface area (Å²) in [7, 11) is 0. The van der Waals surface area contributed by atoms with Crippen molar-refractivity contribution >= 4 is 16.8 Å². The molecule has 1 saturated carbocycles. The third-order valence-electron chi connectivity index (χ3n) is 5.14. The van der Waals surface area contributed by atoms with E-state index in [0.29, 0.717) is 16.5 Å². The Morgan fingerprint density at radius 3 is 2.48 bits per heavy atom. The summed E-state index contributed by atoms with van der Waals surface area (Å²) in [6.45, 7) is 0.156. The van der Waals surface area contributed by atoms with Gasteiger partial charge in [-0.2, -0.15) is 0 Å². The Hall–Kier alpha value is -3.15. The highest BCUT2D eigenvalue weighted by Crippen LogP contribution is 2.18. The van der Waals surface area contributed by atoms with Crippen molar-refractivity contribution in [1.29, 1.82) is 0 Å². The molecule has 3 aromatic rings. The first kappa shape index (κ1) is 17.3. The molecule has 1 fully saturated rings. The summed E-state index contributed by atoms with van der Waals surface area (Å²) in [5.74, 6) is -0.0748. The van der Waals surface area contributed by atoms with Crippen molar-refractivity contribution in [2.24, 2.45) is 0 Å². The van der Waals surface area contributed by atoms with Crippen LogP contribution in [0.5, 0.6) is 0 Å². The summed E-state index contributed by atoms with van der Waals surface area (Å²) in [5.41, 5.74) is 1.14. The molecule has 1 heterocycles. The lowest BCUT2D eigenvalue weighted by Crippen LogP contribution is -2.35. The third-order valence-corrected chi connectivity index (χ3v) is 5.14. The Balaban J connectivity index is 1.55. The Morgan fingerprint density at radius 1 is 1.04 bits per heavy atom. The van der Waals surface area contributed by atoms with Crippen LogP contribution in [0.4, 0.5) is 0 Å². The van der Waals surface area contributed by atoms with Crippen LogP contribution in [0.1, 0.15) is 41.6 Å². The van der Waals surface area contributed by atoms with Gasteiger partial charge in [-0.25, -0.2) is 4.79 Å². The minimum absolute atomic E-state index is 0.0748. The number of rotatable bonds is 4. The topological polar surface area (TPSA) is 84.0 Å². The molecule has 1 aromatic heterocycles. The van der Waals surface area contributed by atoms with Crippen LogP contribution < -0.4 is 16.6 Å². The van der Waals surface area contributed by atoms with Gasteiger partial charge in [-0.15, -0.1) is 0 Å². The van der Waals surface area contributed by atoms with Crippen molar-refractivity contribution in [1.82, 2.24) is 14.9 Å². The normalized spacial score (nSPS) is 14.5. The van der Waals surface area contributed by atoms with Crippen LogP contribution in [0.3, 0.4) is 0 Å². The maximum Gasteiger partial charge on any atom is 0.329 e.